The Hall–Kier alpha value is -0.450. The third-order valence-corrected chi connectivity index (χ3v) is 3.85. The van der Waals surface area contributed by atoms with E-state index in [2.05, 4.69) is 17.2 Å². The van der Waals surface area contributed by atoms with E-state index in [-0.39, 0.29) is 5.54 Å². The van der Waals surface area contributed by atoms with Crippen molar-refractivity contribution in [3.63, 3.8) is 0 Å². The first kappa shape index (κ1) is 11.0. The average molecular weight is 225 g/mol. The third kappa shape index (κ3) is 3.26. The van der Waals surface area contributed by atoms with E-state index < -0.39 is 0 Å². The Balaban J connectivity index is 1.62. The van der Waals surface area contributed by atoms with Gasteiger partial charge in [-0.25, -0.2) is 4.98 Å². The maximum Gasteiger partial charge on any atom is 0.0937 e. The van der Waals surface area contributed by atoms with Gasteiger partial charge in [-0.3, -0.25) is 0 Å². The lowest BCUT2D eigenvalue weighted by Crippen LogP contribution is -2.48. The van der Waals surface area contributed by atoms with Crippen molar-refractivity contribution in [1.82, 2.24) is 10.3 Å². The summed E-state index contributed by atoms with van der Waals surface area (Å²) in [6.07, 6.45) is 5.48. The van der Waals surface area contributed by atoms with Crippen LogP contribution in [-0.4, -0.2) is 23.6 Å². The Bertz CT molecular complexity index is 291. The van der Waals surface area contributed by atoms with Crippen molar-refractivity contribution >= 4 is 11.3 Å². The zero-order chi connectivity index (χ0) is 10.7. The number of hydrogen-bond acceptors (Lipinski definition) is 4. The number of nitrogens with two attached hydrogens (primary N) is 1. The largest absolute Gasteiger partial charge is 0.324 e. The van der Waals surface area contributed by atoms with Gasteiger partial charge in [-0.05, 0) is 25.7 Å². The van der Waals surface area contributed by atoms with Crippen LogP contribution in [0.3, 0.4) is 0 Å². The van der Waals surface area contributed by atoms with Crippen LogP contribution < -0.4 is 11.1 Å². The first-order chi connectivity index (χ1) is 7.18. The lowest BCUT2D eigenvalue weighted by molar-refractivity contribution is 0.382. The standard InChI is InChI=1S/C11H19N3S/c1-11(12,9-2-3-9)8-13-5-4-10-14-6-7-15-10/h6-7,9,13H,2-5,8,12H2,1H3. The molecule has 1 unspecified atom stereocenters. The lowest BCUT2D eigenvalue weighted by Gasteiger charge is -2.24. The van der Waals surface area contributed by atoms with Crippen molar-refractivity contribution in [3.8, 4) is 0 Å². The van der Waals surface area contributed by atoms with E-state index in [0.717, 1.165) is 25.4 Å². The summed E-state index contributed by atoms with van der Waals surface area (Å²) in [7, 11) is 0. The molecule has 2 rings (SSSR count). The predicted octanol–water partition coefficient (Wildman–Crippen LogP) is 1.40. The van der Waals surface area contributed by atoms with E-state index in [9.17, 15) is 0 Å². The summed E-state index contributed by atoms with van der Waals surface area (Å²) in [6.45, 7) is 4.05. The minimum Gasteiger partial charge on any atom is -0.324 e. The van der Waals surface area contributed by atoms with Crippen LogP contribution in [0.25, 0.3) is 0 Å². The lowest BCUT2D eigenvalue weighted by atomic mass is 9.97. The smallest absolute Gasteiger partial charge is 0.0937 e. The van der Waals surface area contributed by atoms with Gasteiger partial charge in [-0.1, -0.05) is 0 Å². The molecule has 15 heavy (non-hydrogen) atoms. The van der Waals surface area contributed by atoms with Gasteiger partial charge in [0, 0.05) is 36.6 Å². The number of aromatic nitrogens is 1. The van der Waals surface area contributed by atoms with Crippen molar-refractivity contribution in [2.45, 2.75) is 31.7 Å². The highest BCUT2D eigenvalue weighted by atomic mass is 32.1. The fraction of sp³-hybridized carbons (Fsp3) is 0.727. The predicted molar refractivity (Wildman–Crippen MR) is 64.0 cm³/mol. The molecule has 1 aromatic heterocycles. The molecule has 1 aliphatic rings. The molecule has 0 radical (unpaired) electrons. The van der Waals surface area contributed by atoms with Crippen molar-refractivity contribution in [1.29, 1.82) is 0 Å². The molecule has 0 bridgehead atoms. The molecule has 84 valence electrons. The molecular weight excluding hydrogens is 206 g/mol. The SMILES string of the molecule is CC(N)(CNCCc1nccs1)C1CC1. The molecule has 1 atom stereocenters. The minimum absolute atomic E-state index is 0.0110. The molecule has 1 saturated carbocycles. The first-order valence-electron chi connectivity index (χ1n) is 5.56. The monoisotopic (exact) mass is 225 g/mol. The van der Waals surface area contributed by atoms with Crippen LogP contribution in [0.15, 0.2) is 11.6 Å². The van der Waals surface area contributed by atoms with E-state index in [0.29, 0.717) is 0 Å². The molecule has 0 aliphatic heterocycles. The Morgan fingerprint density at radius 3 is 3.07 bits per heavy atom. The van der Waals surface area contributed by atoms with Gasteiger partial charge in [0.25, 0.3) is 0 Å². The van der Waals surface area contributed by atoms with Crippen molar-refractivity contribution in [3.05, 3.63) is 16.6 Å². The molecule has 1 aliphatic carbocycles. The highest BCUT2D eigenvalue weighted by Crippen LogP contribution is 2.37. The molecule has 1 fully saturated rings. The first-order valence-corrected chi connectivity index (χ1v) is 6.44. The van der Waals surface area contributed by atoms with Gasteiger partial charge in [-0.15, -0.1) is 11.3 Å². The number of nitrogens with one attached hydrogen (secondary N) is 1. The van der Waals surface area contributed by atoms with Gasteiger partial charge >= 0.3 is 0 Å². The van der Waals surface area contributed by atoms with Gasteiger partial charge in [0.05, 0.1) is 5.01 Å². The summed E-state index contributed by atoms with van der Waals surface area (Å²) < 4.78 is 0. The molecule has 0 spiro atoms. The molecular formula is C11H19N3S. The van der Waals surface area contributed by atoms with Gasteiger partial charge in [0.1, 0.15) is 0 Å². The highest BCUT2D eigenvalue weighted by molar-refractivity contribution is 7.09. The quantitative estimate of drug-likeness (QED) is 0.720. The Morgan fingerprint density at radius 2 is 2.47 bits per heavy atom. The number of nitrogens with zero attached hydrogens (tertiary/aromatic N) is 1. The molecule has 3 nitrogen and oxygen atoms in total. The van der Waals surface area contributed by atoms with E-state index in [4.69, 9.17) is 5.73 Å². The molecule has 3 N–H and O–H groups in total. The topological polar surface area (TPSA) is 50.9 Å². The maximum atomic E-state index is 6.21. The Kier molecular flexibility index (Phi) is 3.38. The van der Waals surface area contributed by atoms with Crippen LogP contribution in [0.4, 0.5) is 0 Å². The number of hydrogen-bond donors (Lipinski definition) is 2. The summed E-state index contributed by atoms with van der Waals surface area (Å²) in [6, 6.07) is 0. The zero-order valence-corrected chi connectivity index (χ0v) is 10.0. The van der Waals surface area contributed by atoms with Gasteiger partial charge < -0.3 is 11.1 Å². The van der Waals surface area contributed by atoms with E-state index >= 15 is 0 Å². The van der Waals surface area contributed by atoms with Crippen LogP contribution in [0.5, 0.6) is 0 Å². The summed E-state index contributed by atoms with van der Waals surface area (Å²) in [4.78, 5) is 4.24. The zero-order valence-electron chi connectivity index (χ0n) is 9.20. The average Bonchev–Trinajstić information content (AvgIpc) is 2.94. The number of thiazole rings is 1. The van der Waals surface area contributed by atoms with E-state index in [1.807, 2.05) is 11.6 Å². The van der Waals surface area contributed by atoms with Gasteiger partial charge in [-0.2, -0.15) is 0 Å². The molecule has 0 aromatic carbocycles. The summed E-state index contributed by atoms with van der Waals surface area (Å²) in [5.41, 5.74) is 6.19. The van der Waals surface area contributed by atoms with E-state index in [1.165, 1.54) is 17.8 Å². The Morgan fingerprint density at radius 1 is 1.67 bits per heavy atom. The van der Waals surface area contributed by atoms with Crippen LogP contribution >= 0.6 is 11.3 Å². The highest BCUT2D eigenvalue weighted by Gasteiger charge is 2.37. The third-order valence-electron chi connectivity index (χ3n) is 3.01. The van der Waals surface area contributed by atoms with Gasteiger partial charge in [0.15, 0.2) is 0 Å². The van der Waals surface area contributed by atoms with Crippen LogP contribution in [0.2, 0.25) is 0 Å². The van der Waals surface area contributed by atoms with Crippen molar-refractivity contribution < 1.29 is 0 Å². The molecule has 0 amide bonds. The van der Waals surface area contributed by atoms with Crippen molar-refractivity contribution in [2.24, 2.45) is 11.7 Å². The maximum absolute atomic E-state index is 6.21. The number of rotatable bonds is 6. The second-order valence-electron chi connectivity index (χ2n) is 4.63. The van der Waals surface area contributed by atoms with Gasteiger partial charge in [0.2, 0.25) is 0 Å². The fourth-order valence-corrected chi connectivity index (χ4v) is 2.44. The van der Waals surface area contributed by atoms with E-state index in [1.54, 1.807) is 11.3 Å². The summed E-state index contributed by atoms with van der Waals surface area (Å²) >= 11 is 1.72. The minimum atomic E-state index is -0.0110. The normalized spacial score (nSPS) is 20.1. The van der Waals surface area contributed by atoms with Crippen molar-refractivity contribution in [2.75, 3.05) is 13.1 Å². The molecule has 1 heterocycles. The van der Waals surface area contributed by atoms with Crippen LogP contribution in [0, 0.1) is 5.92 Å². The molecule has 1 aromatic rings. The molecule has 4 heteroatoms. The van der Waals surface area contributed by atoms with Crippen LogP contribution in [-0.2, 0) is 6.42 Å². The molecule has 0 saturated heterocycles. The summed E-state index contributed by atoms with van der Waals surface area (Å²) in [5.74, 6) is 0.741. The fourth-order valence-electron chi connectivity index (χ4n) is 1.82. The Labute approximate surface area is 95.1 Å². The second-order valence-corrected chi connectivity index (χ2v) is 5.61. The summed E-state index contributed by atoms with van der Waals surface area (Å²) in [5, 5.41) is 6.65. The second kappa shape index (κ2) is 4.60. The van der Waals surface area contributed by atoms with Crippen LogP contribution in [0.1, 0.15) is 24.8 Å².